The number of alkyl halides is 3. The summed E-state index contributed by atoms with van der Waals surface area (Å²) < 4.78 is 37.4. The molecule has 1 heterocycles. The molecule has 4 atom stereocenters. The maximum Gasteiger partial charge on any atom is 0.389 e. The second-order valence-corrected chi connectivity index (χ2v) is 9.68. The first-order valence-corrected chi connectivity index (χ1v) is 12.0. The van der Waals surface area contributed by atoms with Gasteiger partial charge in [-0.25, -0.2) is 0 Å². The molecule has 4 amide bonds. The van der Waals surface area contributed by atoms with Gasteiger partial charge in [-0.3, -0.25) is 19.2 Å². The molecule has 5 N–H and O–H groups in total. The SMILES string of the molecule is C[C@@H]1CC(C[C@H](NC(=O)c2cc(Cl)ccc2NC(=O)CCC(F)(F)F)C(O)C(=O)NC2CC2)C(=O)N1. The zero-order valence-corrected chi connectivity index (χ0v) is 20.2. The van der Waals surface area contributed by atoms with Gasteiger partial charge in [-0.2, -0.15) is 13.2 Å². The minimum Gasteiger partial charge on any atom is -0.381 e. The standard InChI is InChI=1S/C23H28ClF3N4O5/c1-11-8-12(20(34)28-11)9-17(19(33)22(36)29-14-3-4-14)31-21(35)15-10-13(24)2-5-16(15)30-18(32)6-7-23(25,26)27/h2,5,10-12,14,17,19,33H,3-4,6-9H2,1H3,(H,28,34)(H,29,36)(H,30,32)(H,31,35)/t11-,12?,17+,19?/m1/s1. The van der Waals surface area contributed by atoms with E-state index in [0.29, 0.717) is 6.42 Å². The summed E-state index contributed by atoms with van der Waals surface area (Å²) in [7, 11) is 0. The lowest BCUT2D eigenvalue weighted by molar-refractivity contribution is -0.142. The van der Waals surface area contributed by atoms with E-state index in [1.807, 2.05) is 0 Å². The highest BCUT2D eigenvalue weighted by Gasteiger charge is 2.38. The second-order valence-electron chi connectivity index (χ2n) is 9.24. The van der Waals surface area contributed by atoms with Crippen LogP contribution in [0, 0.1) is 5.92 Å². The normalized spacial score (nSPS) is 21.3. The highest BCUT2D eigenvalue weighted by atomic mass is 35.5. The number of hydrogen-bond acceptors (Lipinski definition) is 5. The molecule has 0 bridgehead atoms. The lowest BCUT2D eigenvalue weighted by Crippen LogP contribution is -2.52. The number of anilines is 1. The average molecular weight is 533 g/mol. The summed E-state index contributed by atoms with van der Waals surface area (Å²) in [5.41, 5.74) is -0.265. The first-order valence-electron chi connectivity index (χ1n) is 11.6. The van der Waals surface area contributed by atoms with Gasteiger partial charge in [0.2, 0.25) is 11.8 Å². The smallest absolute Gasteiger partial charge is 0.381 e. The maximum atomic E-state index is 13.2. The summed E-state index contributed by atoms with van der Waals surface area (Å²) in [4.78, 5) is 50.0. The van der Waals surface area contributed by atoms with E-state index >= 15 is 0 Å². The number of benzene rings is 1. The van der Waals surface area contributed by atoms with Crippen LogP contribution in [-0.2, 0) is 14.4 Å². The van der Waals surface area contributed by atoms with Crippen molar-refractivity contribution in [3.63, 3.8) is 0 Å². The molecular formula is C23H28ClF3N4O5. The van der Waals surface area contributed by atoms with E-state index < -0.39 is 54.8 Å². The Bertz CT molecular complexity index is 1020. The maximum absolute atomic E-state index is 13.2. The Morgan fingerprint density at radius 2 is 1.94 bits per heavy atom. The molecule has 0 spiro atoms. The van der Waals surface area contributed by atoms with Crippen molar-refractivity contribution in [3.05, 3.63) is 28.8 Å². The van der Waals surface area contributed by atoms with Crippen LogP contribution in [0.1, 0.15) is 55.8 Å². The van der Waals surface area contributed by atoms with E-state index in [-0.39, 0.29) is 40.7 Å². The number of rotatable bonds is 10. The van der Waals surface area contributed by atoms with Crippen molar-refractivity contribution >= 4 is 40.9 Å². The number of amides is 4. The van der Waals surface area contributed by atoms with Crippen molar-refractivity contribution in [2.45, 2.75) is 75.9 Å². The Morgan fingerprint density at radius 1 is 1.25 bits per heavy atom. The third kappa shape index (κ3) is 8.09. The van der Waals surface area contributed by atoms with Crippen molar-refractivity contribution in [3.8, 4) is 0 Å². The Hall–Kier alpha value is -2.86. The Kier molecular flexibility index (Phi) is 8.83. The van der Waals surface area contributed by atoms with E-state index in [0.717, 1.165) is 12.8 Å². The molecule has 1 aromatic rings. The fourth-order valence-corrected chi connectivity index (χ4v) is 4.13. The molecule has 0 radical (unpaired) electrons. The molecule has 1 saturated carbocycles. The molecule has 1 aliphatic carbocycles. The lowest BCUT2D eigenvalue weighted by Gasteiger charge is -2.26. The Balaban J connectivity index is 1.77. The summed E-state index contributed by atoms with van der Waals surface area (Å²) in [5.74, 6) is -3.31. The quantitative estimate of drug-likeness (QED) is 0.315. The number of carbonyl (C=O) groups is 4. The first-order chi connectivity index (χ1) is 16.8. The Labute approximate surface area is 210 Å². The zero-order chi connectivity index (χ0) is 26.6. The predicted octanol–water partition coefficient (Wildman–Crippen LogP) is 2.27. The molecule has 1 aromatic carbocycles. The van der Waals surface area contributed by atoms with Crippen LogP contribution in [-0.4, -0.2) is 59.1 Å². The number of halogens is 4. The molecule has 1 saturated heterocycles. The topological polar surface area (TPSA) is 137 Å². The fraction of sp³-hybridized carbons (Fsp3) is 0.565. The molecule has 2 fully saturated rings. The van der Waals surface area contributed by atoms with Gasteiger partial charge in [0.15, 0.2) is 6.10 Å². The van der Waals surface area contributed by atoms with Crippen molar-refractivity contribution in [2.75, 3.05) is 5.32 Å². The van der Waals surface area contributed by atoms with Gasteiger partial charge in [-0.1, -0.05) is 11.6 Å². The molecule has 2 aliphatic rings. The average Bonchev–Trinajstić information content (AvgIpc) is 3.54. The molecule has 198 valence electrons. The molecule has 1 aliphatic heterocycles. The third-order valence-corrected chi connectivity index (χ3v) is 6.20. The largest absolute Gasteiger partial charge is 0.389 e. The third-order valence-electron chi connectivity index (χ3n) is 5.96. The van der Waals surface area contributed by atoms with Crippen LogP contribution in [0.5, 0.6) is 0 Å². The van der Waals surface area contributed by atoms with Gasteiger partial charge in [0.05, 0.1) is 23.7 Å². The number of nitrogens with one attached hydrogen (secondary N) is 4. The van der Waals surface area contributed by atoms with Crippen molar-refractivity contribution in [1.82, 2.24) is 16.0 Å². The molecule has 36 heavy (non-hydrogen) atoms. The Morgan fingerprint density at radius 3 is 2.53 bits per heavy atom. The minimum atomic E-state index is -4.52. The highest BCUT2D eigenvalue weighted by molar-refractivity contribution is 6.31. The summed E-state index contributed by atoms with van der Waals surface area (Å²) in [6, 6.07) is 2.49. The highest BCUT2D eigenvalue weighted by Crippen LogP contribution is 2.26. The summed E-state index contributed by atoms with van der Waals surface area (Å²) in [5, 5.41) is 21.1. The van der Waals surface area contributed by atoms with E-state index in [4.69, 9.17) is 11.6 Å². The van der Waals surface area contributed by atoms with E-state index in [1.54, 1.807) is 6.92 Å². The zero-order valence-electron chi connectivity index (χ0n) is 19.5. The van der Waals surface area contributed by atoms with Crippen LogP contribution in [0.15, 0.2) is 18.2 Å². The molecule has 13 heteroatoms. The van der Waals surface area contributed by atoms with Crippen LogP contribution in [0.25, 0.3) is 0 Å². The van der Waals surface area contributed by atoms with Gasteiger partial charge >= 0.3 is 6.18 Å². The molecule has 0 aromatic heterocycles. The van der Waals surface area contributed by atoms with Crippen LogP contribution in [0.3, 0.4) is 0 Å². The monoisotopic (exact) mass is 532 g/mol. The van der Waals surface area contributed by atoms with Gasteiger partial charge in [-0.05, 0) is 50.8 Å². The second kappa shape index (κ2) is 11.5. The molecule has 3 rings (SSSR count). The van der Waals surface area contributed by atoms with Crippen LogP contribution in [0.2, 0.25) is 5.02 Å². The van der Waals surface area contributed by atoms with Crippen LogP contribution < -0.4 is 21.3 Å². The molecule has 2 unspecified atom stereocenters. The summed E-state index contributed by atoms with van der Waals surface area (Å²) in [6.07, 6.45) is -6.40. The van der Waals surface area contributed by atoms with Gasteiger partial charge in [-0.15, -0.1) is 0 Å². The van der Waals surface area contributed by atoms with Gasteiger partial charge in [0, 0.05) is 29.4 Å². The summed E-state index contributed by atoms with van der Waals surface area (Å²) in [6.45, 7) is 1.81. The van der Waals surface area contributed by atoms with E-state index in [1.165, 1.54) is 18.2 Å². The van der Waals surface area contributed by atoms with Crippen LogP contribution >= 0.6 is 11.6 Å². The minimum absolute atomic E-state index is 0.0327. The number of aliphatic hydroxyl groups excluding tert-OH is 1. The molecule has 9 nitrogen and oxygen atoms in total. The van der Waals surface area contributed by atoms with Gasteiger partial charge in [0.1, 0.15) is 0 Å². The lowest BCUT2D eigenvalue weighted by atomic mass is 9.93. The van der Waals surface area contributed by atoms with E-state index in [2.05, 4.69) is 21.3 Å². The summed E-state index contributed by atoms with van der Waals surface area (Å²) >= 11 is 6.00. The van der Waals surface area contributed by atoms with Gasteiger partial charge < -0.3 is 26.4 Å². The predicted molar refractivity (Wildman–Crippen MR) is 124 cm³/mol. The number of carbonyl (C=O) groups excluding carboxylic acids is 4. The number of hydrogen-bond donors (Lipinski definition) is 5. The van der Waals surface area contributed by atoms with Crippen molar-refractivity contribution < 1.29 is 37.5 Å². The molecular weight excluding hydrogens is 505 g/mol. The van der Waals surface area contributed by atoms with Gasteiger partial charge in [0.25, 0.3) is 11.8 Å². The van der Waals surface area contributed by atoms with Crippen LogP contribution in [0.4, 0.5) is 18.9 Å². The first kappa shape index (κ1) is 27.7. The van der Waals surface area contributed by atoms with Crippen molar-refractivity contribution in [1.29, 1.82) is 0 Å². The van der Waals surface area contributed by atoms with E-state index in [9.17, 15) is 37.5 Å². The number of aliphatic hydroxyl groups is 1. The fourth-order valence-electron chi connectivity index (χ4n) is 3.95. The van der Waals surface area contributed by atoms with Crippen molar-refractivity contribution in [2.24, 2.45) is 5.92 Å².